The number of hydrogen-bond acceptors (Lipinski definition) is 7. The number of anilines is 1. The van der Waals surface area contributed by atoms with Crippen LogP contribution in [0.3, 0.4) is 0 Å². The van der Waals surface area contributed by atoms with Gasteiger partial charge in [0.05, 0.1) is 5.69 Å². The molecule has 0 atom stereocenters. The molecule has 0 spiro atoms. The minimum absolute atomic E-state index is 0.207. The number of aryl methyl sites for hydroxylation is 2. The van der Waals surface area contributed by atoms with Crippen LogP contribution in [0.5, 0.6) is 0 Å². The number of carbonyl (C=O) groups excluding carboxylic acids is 1. The number of nitrogens with zero attached hydrogens (tertiary/aromatic N) is 4. The van der Waals surface area contributed by atoms with E-state index in [-0.39, 0.29) is 5.91 Å². The van der Waals surface area contributed by atoms with E-state index < -0.39 is 0 Å². The zero-order chi connectivity index (χ0) is 20.9. The van der Waals surface area contributed by atoms with Crippen LogP contribution in [0.2, 0.25) is 0 Å². The predicted octanol–water partition coefficient (Wildman–Crippen LogP) is 5.16. The third kappa shape index (κ3) is 4.77. The van der Waals surface area contributed by atoms with Crippen molar-refractivity contribution in [2.24, 2.45) is 0 Å². The van der Waals surface area contributed by atoms with E-state index in [1.165, 1.54) is 22.7 Å². The molecule has 0 saturated heterocycles. The van der Waals surface area contributed by atoms with Crippen LogP contribution in [-0.4, -0.2) is 26.1 Å². The Morgan fingerprint density at radius 3 is 2.73 bits per heavy atom. The van der Waals surface area contributed by atoms with Crippen LogP contribution >= 0.6 is 22.7 Å². The molecule has 0 saturated carbocycles. The van der Waals surface area contributed by atoms with Crippen molar-refractivity contribution >= 4 is 33.7 Å². The molecule has 0 aliphatic carbocycles. The van der Waals surface area contributed by atoms with Crippen molar-refractivity contribution in [2.45, 2.75) is 33.1 Å². The van der Waals surface area contributed by atoms with Gasteiger partial charge in [0.1, 0.15) is 14.9 Å². The quantitative estimate of drug-likeness (QED) is 0.434. The molecule has 3 aromatic heterocycles. The molecule has 152 valence electrons. The van der Waals surface area contributed by atoms with Gasteiger partial charge in [-0.25, -0.2) is 4.98 Å². The SMILES string of the molecule is CCCc1cc(-c2nc(C)c(C(=O)Nc3nnc(Cc4ccccc4)s3)s2)ccn1. The van der Waals surface area contributed by atoms with E-state index in [4.69, 9.17) is 0 Å². The highest BCUT2D eigenvalue weighted by molar-refractivity contribution is 7.17. The molecule has 3 heterocycles. The number of benzene rings is 1. The predicted molar refractivity (Wildman–Crippen MR) is 121 cm³/mol. The van der Waals surface area contributed by atoms with Gasteiger partial charge in [-0.2, -0.15) is 0 Å². The van der Waals surface area contributed by atoms with Crippen LogP contribution in [-0.2, 0) is 12.8 Å². The van der Waals surface area contributed by atoms with E-state index in [0.717, 1.165) is 39.7 Å². The molecule has 4 aromatic rings. The van der Waals surface area contributed by atoms with Crippen LogP contribution in [0.4, 0.5) is 5.13 Å². The monoisotopic (exact) mass is 435 g/mol. The highest BCUT2D eigenvalue weighted by Gasteiger charge is 2.18. The van der Waals surface area contributed by atoms with E-state index >= 15 is 0 Å². The van der Waals surface area contributed by atoms with Crippen LogP contribution < -0.4 is 5.32 Å². The second-order valence-electron chi connectivity index (χ2n) is 6.84. The highest BCUT2D eigenvalue weighted by atomic mass is 32.1. The molecule has 6 nitrogen and oxygen atoms in total. The fraction of sp³-hybridized carbons (Fsp3) is 0.227. The van der Waals surface area contributed by atoms with Gasteiger partial charge >= 0.3 is 0 Å². The summed E-state index contributed by atoms with van der Waals surface area (Å²) in [5.74, 6) is -0.207. The fourth-order valence-corrected chi connectivity index (χ4v) is 4.76. The van der Waals surface area contributed by atoms with E-state index in [0.29, 0.717) is 22.1 Å². The smallest absolute Gasteiger partial charge is 0.269 e. The first-order valence-electron chi connectivity index (χ1n) is 9.72. The molecule has 0 unspecified atom stereocenters. The standard InChI is InChI=1S/C22H21N5OS2/c1-3-7-17-13-16(10-11-23-17)21-24-14(2)19(30-21)20(28)25-22-27-26-18(29-22)12-15-8-5-4-6-9-15/h4-6,8-11,13H,3,7,12H2,1-2H3,(H,25,27,28). The number of aromatic nitrogens is 4. The third-order valence-electron chi connectivity index (χ3n) is 4.46. The lowest BCUT2D eigenvalue weighted by atomic mass is 10.2. The van der Waals surface area contributed by atoms with Crippen molar-refractivity contribution in [2.75, 3.05) is 5.32 Å². The molecule has 1 N–H and O–H groups in total. The summed E-state index contributed by atoms with van der Waals surface area (Å²) in [5, 5.41) is 13.4. The number of rotatable bonds is 7. The molecule has 1 amide bonds. The van der Waals surface area contributed by atoms with Crippen molar-refractivity contribution in [3.63, 3.8) is 0 Å². The lowest BCUT2D eigenvalue weighted by Gasteiger charge is -2.00. The Kier molecular flexibility index (Phi) is 6.25. The lowest BCUT2D eigenvalue weighted by molar-refractivity contribution is 0.102. The van der Waals surface area contributed by atoms with Gasteiger partial charge in [0.25, 0.3) is 5.91 Å². The molecule has 1 aromatic carbocycles. The zero-order valence-corrected chi connectivity index (χ0v) is 18.4. The van der Waals surface area contributed by atoms with Crippen LogP contribution in [0, 0.1) is 6.92 Å². The molecule has 0 bridgehead atoms. The van der Waals surface area contributed by atoms with Crippen molar-refractivity contribution in [1.82, 2.24) is 20.2 Å². The number of thiazole rings is 1. The molecule has 0 aliphatic heterocycles. The summed E-state index contributed by atoms with van der Waals surface area (Å²) in [6.07, 6.45) is 4.45. The summed E-state index contributed by atoms with van der Waals surface area (Å²) in [5.41, 5.74) is 3.89. The maximum absolute atomic E-state index is 12.8. The molecule has 4 rings (SSSR count). The molecule has 0 radical (unpaired) electrons. The topological polar surface area (TPSA) is 80.7 Å². The second-order valence-corrected chi connectivity index (χ2v) is 8.90. The van der Waals surface area contributed by atoms with Gasteiger partial charge in [-0.3, -0.25) is 15.1 Å². The maximum Gasteiger partial charge on any atom is 0.269 e. The van der Waals surface area contributed by atoms with Gasteiger partial charge in [-0.1, -0.05) is 55.0 Å². The summed E-state index contributed by atoms with van der Waals surface area (Å²) in [6.45, 7) is 3.98. The first-order chi connectivity index (χ1) is 14.6. The summed E-state index contributed by atoms with van der Waals surface area (Å²) in [4.78, 5) is 22.4. The first-order valence-corrected chi connectivity index (χ1v) is 11.4. The normalized spacial score (nSPS) is 10.9. The molecule has 30 heavy (non-hydrogen) atoms. The lowest BCUT2D eigenvalue weighted by Crippen LogP contribution is -2.11. The van der Waals surface area contributed by atoms with E-state index in [1.54, 1.807) is 6.20 Å². The summed E-state index contributed by atoms with van der Waals surface area (Å²) in [6, 6.07) is 14.1. The minimum Gasteiger partial charge on any atom is -0.296 e. The van der Waals surface area contributed by atoms with Gasteiger partial charge in [0, 0.05) is 23.9 Å². The number of hydrogen-bond donors (Lipinski definition) is 1. The number of amides is 1. The van der Waals surface area contributed by atoms with Crippen molar-refractivity contribution in [3.8, 4) is 10.6 Å². The molecule has 0 aliphatic rings. The largest absolute Gasteiger partial charge is 0.296 e. The van der Waals surface area contributed by atoms with Gasteiger partial charge in [-0.15, -0.1) is 21.5 Å². The fourth-order valence-electron chi connectivity index (χ4n) is 3.03. The van der Waals surface area contributed by atoms with Crippen molar-refractivity contribution < 1.29 is 4.79 Å². The molecule has 0 fully saturated rings. The van der Waals surface area contributed by atoms with Crippen LogP contribution in [0.25, 0.3) is 10.6 Å². The molecule has 8 heteroatoms. The number of pyridine rings is 1. The van der Waals surface area contributed by atoms with Gasteiger partial charge < -0.3 is 0 Å². The Balaban J connectivity index is 1.47. The average molecular weight is 436 g/mol. The Hall–Kier alpha value is -2.97. The maximum atomic E-state index is 12.8. The van der Waals surface area contributed by atoms with Gasteiger partial charge in [-0.05, 0) is 31.0 Å². The van der Waals surface area contributed by atoms with E-state index in [2.05, 4.69) is 32.4 Å². The minimum atomic E-state index is -0.207. The Labute approximate surface area is 183 Å². The van der Waals surface area contributed by atoms with Gasteiger partial charge in [0.2, 0.25) is 5.13 Å². The van der Waals surface area contributed by atoms with Crippen LogP contribution in [0.1, 0.15) is 45.0 Å². The zero-order valence-electron chi connectivity index (χ0n) is 16.8. The Morgan fingerprint density at radius 1 is 1.10 bits per heavy atom. The summed E-state index contributed by atoms with van der Waals surface area (Å²) in [7, 11) is 0. The third-order valence-corrected chi connectivity index (χ3v) is 6.50. The number of carbonyl (C=O) groups is 1. The molecular weight excluding hydrogens is 414 g/mol. The van der Waals surface area contributed by atoms with E-state index in [1.807, 2.05) is 49.4 Å². The number of nitrogens with one attached hydrogen (secondary N) is 1. The first kappa shape index (κ1) is 20.3. The average Bonchev–Trinajstić information content (AvgIpc) is 3.35. The highest BCUT2D eigenvalue weighted by Crippen LogP contribution is 2.29. The van der Waals surface area contributed by atoms with Crippen molar-refractivity contribution in [3.05, 3.63) is 75.5 Å². The Bertz CT molecular complexity index is 1150. The molecular formula is C22H21N5OS2. The summed E-state index contributed by atoms with van der Waals surface area (Å²) < 4.78 is 0. The van der Waals surface area contributed by atoms with Crippen LogP contribution in [0.15, 0.2) is 48.7 Å². The van der Waals surface area contributed by atoms with E-state index in [9.17, 15) is 4.79 Å². The van der Waals surface area contributed by atoms with Crippen molar-refractivity contribution in [1.29, 1.82) is 0 Å². The van der Waals surface area contributed by atoms with Gasteiger partial charge in [0.15, 0.2) is 0 Å². The summed E-state index contributed by atoms with van der Waals surface area (Å²) >= 11 is 2.77. The Morgan fingerprint density at radius 2 is 1.93 bits per heavy atom. The second kappa shape index (κ2) is 9.23.